The molecule has 0 radical (unpaired) electrons. The lowest BCUT2D eigenvalue weighted by molar-refractivity contribution is 0.0910. The van der Waals surface area contributed by atoms with Gasteiger partial charge in [-0.05, 0) is 17.2 Å². The number of ether oxygens (including phenoxy) is 1. The Hall–Kier alpha value is -3.37. The summed E-state index contributed by atoms with van der Waals surface area (Å²) in [6.07, 6.45) is 0. The van der Waals surface area contributed by atoms with E-state index in [0.29, 0.717) is 18.0 Å². The Kier molecular flexibility index (Phi) is 5.22. The molecule has 0 bridgehead atoms. The highest BCUT2D eigenvalue weighted by Gasteiger charge is 2.24. The van der Waals surface area contributed by atoms with Crippen molar-refractivity contribution in [3.63, 3.8) is 0 Å². The van der Waals surface area contributed by atoms with Crippen LogP contribution in [-0.2, 0) is 11.3 Å². The van der Waals surface area contributed by atoms with Gasteiger partial charge in [0.25, 0.3) is 5.91 Å². The molecular formula is C24H21NO3. The van der Waals surface area contributed by atoms with Gasteiger partial charge in [-0.25, -0.2) is 0 Å². The number of hydrogen-bond donors (Lipinski definition) is 1. The van der Waals surface area contributed by atoms with Gasteiger partial charge in [0.15, 0.2) is 5.76 Å². The van der Waals surface area contributed by atoms with Gasteiger partial charge in [-0.15, -0.1) is 0 Å². The number of amides is 1. The second-order valence-corrected chi connectivity index (χ2v) is 6.57. The molecule has 0 unspecified atom stereocenters. The van der Waals surface area contributed by atoms with Crippen molar-refractivity contribution in [2.75, 3.05) is 7.11 Å². The maximum absolute atomic E-state index is 13.2. The molecule has 28 heavy (non-hydrogen) atoms. The summed E-state index contributed by atoms with van der Waals surface area (Å²) in [4.78, 5) is 13.2. The minimum atomic E-state index is -0.279. The number of rotatable bonds is 6. The smallest absolute Gasteiger partial charge is 0.288 e. The maximum Gasteiger partial charge on any atom is 0.288 e. The Morgan fingerprint density at radius 2 is 1.46 bits per heavy atom. The number of carbonyl (C=O) groups is 1. The highest BCUT2D eigenvalue weighted by Crippen LogP contribution is 2.28. The number of fused-ring (bicyclic) bond motifs is 1. The monoisotopic (exact) mass is 371 g/mol. The second-order valence-electron chi connectivity index (χ2n) is 6.57. The number of nitrogens with one attached hydrogen (secondary N) is 1. The van der Waals surface area contributed by atoms with Crippen molar-refractivity contribution < 1.29 is 13.9 Å². The molecule has 1 aromatic heterocycles. The first-order valence-corrected chi connectivity index (χ1v) is 9.18. The molecule has 0 saturated heterocycles. The van der Waals surface area contributed by atoms with Crippen LogP contribution in [-0.4, -0.2) is 13.0 Å². The zero-order valence-electron chi connectivity index (χ0n) is 15.6. The van der Waals surface area contributed by atoms with E-state index in [4.69, 9.17) is 9.15 Å². The molecule has 0 fully saturated rings. The Balaban J connectivity index is 1.73. The molecule has 4 aromatic rings. The number of furan rings is 1. The van der Waals surface area contributed by atoms with Crippen molar-refractivity contribution in [2.24, 2.45) is 0 Å². The molecule has 4 rings (SSSR count). The van der Waals surface area contributed by atoms with Gasteiger partial charge in [-0.3, -0.25) is 4.79 Å². The molecule has 0 saturated carbocycles. The largest absolute Gasteiger partial charge is 0.451 e. The van der Waals surface area contributed by atoms with E-state index >= 15 is 0 Å². The summed E-state index contributed by atoms with van der Waals surface area (Å²) >= 11 is 0. The van der Waals surface area contributed by atoms with Gasteiger partial charge in [0.05, 0.1) is 12.6 Å². The fourth-order valence-electron chi connectivity index (χ4n) is 3.42. The van der Waals surface area contributed by atoms with Crippen LogP contribution >= 0.6 is 0 Å². The minimum absolute atomic E-state index is 0.263. The Morgan fingerprint density at radius 3 is 2.07 bits per heavy atom. The fourth-order valence-corrected chi connectivity index (χ4v) is 3.42. The van der Waals surface area contributed by atoms with Gasteiger partial charge in [-0.1, -0.05) is 78.9 Å². The molecule has 1 N–H and O–H groups in total. The summed E-state index contributed by atoms with van der Waals surface area (Å²) in [6, 6.07) is 27.2. The van der Waals surface area contributed by atoms with Gasteiger partial charge < -0.3 is 14.5 Å². The third-order valence-electron chi connectivity index (χ3n) is 4.73. The van der Waals surface area contributed by atoms with Crippen LogP contribution in [0.2, 0.25) is 0 Å². The van der Waals surface area contributed by atoms with Crippen molar-refractivity contribution in [3.05, 3.63) is 107 Å². The fraction of sp³-hybridized carbons (Fsp3) is 0.125. The second kappa shape index (κ2) is 8.11. The van der Waals surface area contributed by atoms with Crippen molar-refractivity contribution in [2.45, 2.75) is 12.6 Å². The zero-order valence-corrected chi connectivity index (χ0v) is 15.6. The van der Waals surface area contributed by atoms with Crippen LogP contribution < -0.4 is 5.32 Å². The molecule has 3 aromatic carbocycles. The number of carbonyl (C=O) groups excluding carboxylic acids is 1. The van der Waals surface area contributed by atoms with Crippen molar-refractivity contribution >= 4 is 16.9 Å². The van der Waals surface area contributed by atoms with E-state index in [2.05, 4.69) is 5.32 Å². The van der Waals surface area contributed by atoms with Gasteiger partial charge in [-0.2, -0.15) is 0 Å². The van der Waals surface area contributed by atoms with Crippen molar-refractivity contribution in [3.8, 4) is 0 Å². The van der Waals surface area contributed by atoms with Crippen LogP contribution in [0, 0.1) is 0 Å². The molecule has 0 aliphatic heterocycles. The first kappa shape index (κ1) is 18.0. The topological polar surface area (TPSA) is 51.5 Å². The quantitative estimate of drug-likeness (QED) is 0.513. The lowest BCUT2D eigenvalue weighted by Gasteiger charge is -2.19. The number of hydrogen-bond acceptors (Lipinski definition) is 3. The molecule has 140 valence electrons. The molecule has 4 nitrogen and oxygen atoms in total. The molecule has 1 amide bonds. The van der Waals surface area contributed by atoms with Gasteiger partial charge in [0, 0.05) is 18.1 Å². The Morgan fingerprint density at radius 1 is 0.893 bits per heavy atom. The number of methoxy groups -OCH3 is 1. The minimum Gasteiger partial charge on any atom is -0.451 e. The van der Waals surface area contributed by atoms with Crippen LogP contribution in [0.15, 0.2) is 89.3 Å². The van der Waals surface area contributed by atoms with Gasteiger partial charge >= 0.3 is 0 Å². The van der Waals surface area contributed by atoms with E-state index in [1.807, 2.05) is 84.9 Å². The third kappa shape index (κ3) is 3.55. The molecule has 0 atom stereocenters. The SMILES string of the molecule is COCc1c(C(=O)NC(c2ccccc2)c2ccccc2)oc2ccccc12. The van der Waals surface area contributed by atoms with Crippen molar-refractivity contribution in [1.29, 1.82) is 0 Å². The van der Waals surface area contributed by atoms with Crippen LogP contribution in [0.4, 0.5) is 0 Å². The molecule has 0 aliphatic carbocycles. The van der Waals surface area contributed by atoms with E-state index in [-0.39, 0.29) is 11.9 Å². The summed E-state index contributed by atoms with van der Waals surface area (Å²) in [5.41, 5.74) is 3.45. The Bertz CT molecular complexity index is 1030. The first-order chi connectivity index (χ1) is 13.8. The van der Waals surface area contributed by atoms with E-state index in [1.54, 1.807) is 7.11 Å². The predicted octanol–water partition coefficient (Wildman–Crippen LogP) is 5.10. The maximum atomic E-state index is 13.2. The highest BCUT2D eigenvalue weighted by atomic mass is 16.5. The van der Waals surface area contributed by atoms with Crippen LogP contribution in [0.5, 0.6) is 0 Å². The standard InChI is InChI=1S/C24H21NO3/c1-27-16-20-19-14-8-9-15-21(19)28-23(20)24(26)25-22(17-10-4-2-5-11-17)18-12-6-3-7-13-18/h2-15,22H,16H2,1H3,(H,25,26). The van der Waals surface area contributed by atoms with E-state index < -0.39 is 0 Å². The molecule has 1 heterocycles. The predicted molar refractivity (Wildman–Crippen MR) is 109 cm³/mol. The van der Waals surface area contributed by atoms with E-state index in [1.165, 1.54) is 0 Å². The lowest BCUT2D eigenvalue weighted by Crippen LogP contribution is -2.29. The number of para-hydroxylation sites is 1. The highest BCUT2D eigenvalue weighted by molar-refractivity contribution is 5.99. The molecular weight excluding hydrogens is 350 g/mol. The summed E-state index contributed by atoms with van der Waals surface area (Å²) in [7, 11) is 1.61. The normalized spacial score (nSPS) is 11.1. The van der Waals surface area contributed by atoms with Crippen LogP contribution in [0.1, 0.15) is 33.3 Å². The van der Waals surface area contributed by atoms with Gasteiger partial charge in [0.2, 0.25) is 0 Å². The zero-order chi connectivity index (χ0) is 19.3. The van der Waals surface area contributed by atoms with Crippen molar-refractivity contribution in [1.82, 2.24) is 5.32 Å². The summed E-state index contributed by atoms with van der Waals surface area (Å²) in [5.74, 6) is 0.0286. The van der Waals surface area contributed by atoms with Crippen LogP contribution in [0.3, 0.4) is 0 Å². The average Bonchev–Trinajstić information content (AvgIpc) is 3.12. The third-order valence-corrected chi connectivity index (χ3v) is 4.73. The van der Waals surface area contributed by atoms with Gasteiger partial charge in [0.1, 0.15) is 5.58 Å². The van der Waals surface area contributed by atoms with E-state index in [0.717, 1.165) is 22.1 Å². The van der Waals surface area contributed by atoms with Crippen LogP contribution in [0.25, 0.3) is 11.0 Å². The summed E-state index contributed by atoms with van der Waals surface area (Å²) in [6.45, 7) is 0.307. The lowest BCUT2D eigenvalue weighted by atomic mass is 9.98. The summed E-state index contributed by atoms with van der Waals surface area (Å²) in [5, 5.41) is 4.03. The average molecular weight is 371 g/mol. The molecule has 0 aliphatic rings. The number of benzene rings is 3. The molecule has 0 spiro atoms. The summed E-state index contributed by atoms with van der Waals surface area (Å²) < 4.78 is 11.2. The first-order valence-electron chi connectivity index (χ1n) is 9.18. The molecule has 4 heteroatoms. The van der Waals surface area contributed by atoms with E-state index in [9.17, 15) is 4.79 Å². The Labute approximate surface area is 163 Å².